The molecule has 0 aliphatic carbocycles. The van der Waals surface area contributed by atoms with Gasteiger partial charge in [-0.3, -0.25) is 14.4 Å². The van der Waals surface area contributed by atoms with Gasteiger partial charge in [-0.25, -0.2) is 0 Å². The lowest BCUT2D eigenvalue weighted by Crippen LogP contribution is -2.36. The highest BCUT2D eigenvalue weighted by atomic mass is 19.4. The van der Waals surface area contributed by atoms with Gasteiger partial charge in [0.15, 0.2) is 6.61 Å². The van der Waals surface area contributed by atoms with Gasteiger partial charge in [-0.05, 0) is 42.0 Å². The highest BCUT2D eigenvalue weighted by Crippen LogP contribution is 2.29. The molecule has 3 aromatic rings. The van der Waals surface area contributed by atoms with Crippen molar-refractivity contribution in [2.75, 3.05) is 18.1 Å². The Morgan fingerprint density at radius 2 is 1.41 bits per heavy atom. The van der Waals surface area contributed by atoms with E-state index in [1.807, 2.05) is 36.4 Å². The predicted octanol–water partition coefficient (Wildman–Crippen LogP) is 4.21. The number of halogens is 3. The van der Waals surface area contributed by atoms with Gasteiger partial charge in [0.1, 0.15) is 6.54 Å². The summed E-state index contributed by atoms with van der Waals surface area (Å²) in [7, 11) is 0. The molecular formula is C25H21F3N2O4. The van der Waals surface area contributed by atoms with Gasteiger partial charge in [0.2, 0.25) is 0 Å². The zero-order chi connectivity index (χ0) is 24.6. The molecule has 3 aromatic carbocycles. The summed E-state index contributed by atoms with van der Waals surface area (Å²) in [4.78, 5) is 38.4. The Labute approximate surface area is 194 Å². The monoisotopic (exact) mass is 470 g/mol. The number of carbonyl (C=O) groups excluding carboxylic acids is 3. The van der Waals surface area contributed by atoms with Crippen LogP contribution in [0.4, 0.5) is 18.9 Å². The third-order valence-electron chi connectivity index (χ3n) is 4.78. The van der Waals surface area contributed by atoms with E-state index in [4.69, 9.17) is 4.74 Å². The van der Waals surface area contributed by atoms with Crippen LogP contribution in [0.1, 0.15) is 21.5 Å². The number of carbonyl (C=O) groups is 3. The van der Waals surface area contributed by atoms with E-state index in [2.05, 4.69) is 5.32 Å². The maximum atomic E-state index is 12.8. The van der Waals surface area contributed by atoms with Crippen LogP contribution in [0, 0.1) is 0 Å². The Kier molecular flexibility index (Phi) is 8.02. The zero-order valence-corrected chi connectivity index (χ0v) is 17.9. The second kappa shape index (κ2) is 11.1. The number of benzene rings is 3. The summed E-state index contributed by atoms with van der Waals surface area (Å²) in [5.41, 5.74) is 0.577. The van der Waals surface area contributed by atoms with Crippen molar-refractivity contribution in [3.05, 3.63) is 102 Å². The first-order valence-electron chi connectivity index (χ1n) is 10.2. The molecule has 0 heterocycles. The molecule has 2 amide bonds. The number of rotatable bonds is 8. The van der Waals surface area contributed by atoms with Crippen molar-refractivity contribution in [1.29, 1.82) is 0 Å². The minimum Gasteiger partial charge on any atom is -0.454 e. The van der Waals surface area contributed by atoms with Crippen molar-refractivity contribution in [3.63, 3.8) is 0 Å². The number of nitrogens with zero attached hydrogens (tertiary/aromatic N) is 1. The fourth-order valence-corrected chi connectivity index (χ4v) is 3.03. The molecule has 0 unspecified atom stereocenters. The fourth-order valence-electron chi connectivity index (χ4n) is 3.03. The topological polar surface area (TPSA) is 75.7 Å². The maximum Gasteiger partial charge on any atom is 0.416 e. The van der Waals surface area contributed by atoms with Gasteiger partial charge in [-0.15, -0.1) is 0 Å². The van der Waals surface area contributed by atoms with Crippen molar-refractivity contribution in [3.8, 4) is 0 Å². The first-order valence-corrected chi connectivity index (χ1v) is 10.2. The number of hydrogen-bond acceptors (Lipinski definition) is 4. The van der Waals surface area contributed by atoms with E-state index < -0.39 is 42.7 Å². The summed E-state index contributed by atoms with van der Waals surface area (Å²) >= 11 is 0. The molecule has 0 saturated heterocycles. The second-order valence-corrected chi connectivity index (χ2v) is 7.22. The summed E-state index contributed by atoms with van der Waals surface area (Å²) in [6.45, 7) is -0.820. The minimum absolute atomic E-state index is 0.0463. The predicted molar refractivity (Wildman–Crippen MR) is 119 cm³/mol. The number of anilines is 1. The fraction of sp³-hybridized carbons (Fsp3) is 0.160. The molecule has 0 fully saturated rings. The van der Waals surface area contributed by atoms with Crippen LogP contribution >= 0.6 is 0 Å². The molecule has 0 saturated carbocycles. The average molecular weight is 470 g/mol. The smallest absolute Gasteiger partial charge is 0.416 e. The molecule has 6 nitrogen and oxygen atoms in total. The van der Waals surface area contributed by atoms with Crippen molar-refractivity contribution in [1.82, 2.24) is 5.32 Å². The molecule has 1 N–H and O–H groups in total. The molecule has 3 rings (SSSR count). The van der Waals surface area contributed by atoms with E-state index in [9.17, 15) is 27.6 Å². The molecule has 0 aliphatic rings. The van der Waals surface area contributed by atoms with E-state index >= 15 is 0 Å². The third kappa shape index (κ3) is 6.93. The Balaban J connectivity index is 1.54. The number of esters is 1. The van der Waals surface area contributed by atoms with Crippen LogP contribution in [0.5, 0.6) is 0 Å². The van der Waals surface area contributed by atoms with Crippen molar-refractivity contribution in [2.24, 2.45) is 0 Å². The summed E-state index contributed by atoms with van der Waals surface area (Å²) in [5, 5.41) is 2.26. The maximum absolute atomic E-state index is 12.8. The Morgan fingerprint density at radius 1 is 0.824 bits per heavy atom. The first kappa shape index (κ1) is 24.5. The molecule has 0 atom stereocenters. The quantitative estimate of drug-likeness (QED) is 0.501. The van der Waals surface area contributed by atoms with Gasteiger partial charge in [0.05, 0.1) is 12.1 Å². The Hall–Kier alpha value is -4.14. The number of para-hydroxylation sites is 1. The van der Waals surface area contributed by atoms with Crippen LogP contribution in [0.25, 0.3) is 0 Å². The summed E-state index contributed by atoms with van der Waals surface area (Å²) in [6.07, 6.45) is -4.51. The largest absolute Gasteiger partial charge is 0.454 e. The van der Waals surface area contributed by atoms with E-state index in [0.29, 0.717) is 5.69 Å². The summed E-state index contributed by atoms with van der Waals surface area (Å²) in [6, 6.07) is 21.7. The first-order chi connectivity index (χ1) is 16.2. The van der Waals surface area contributed by atoms with Gasteiger partial charge in [-0.1, -0.05) is 48.5 Å². The molecule has 34 heavy (non-hydrogen) atoms. The normalized spacial score (nSPS) is 10.9. The second-order valence-electron chi connectivity index (χ2n) is 7.22. The lowest BCUT2D eigenvalue weighted by Gasteiger charge is -2.23. The van der Waals surface area contributed by atoms with Gasteiger partial charge < -0.3 is 15.0 Å². The molecule has 9 heteroatoms. The number of amides is 2. The molecule has 0 bridgehead atoms. The van der Waals surface area contributed by atoms with Crippen LogP contribution in [0.15, 0.2) is 84.9 Å². The average Bonchev–Trinajstić information content (AvgIpc) is 2.85. The van der Waals surface area contributed by atoms with Crippen molar-refractivity contribution in [2.45, 2.75) is 12.7 Å². The third-order valence-corrected chi connectivity index (χ3v) is 4.78. The summed E-state index contributed by atoms with van der Waals surface area (Å²) < 4.78 is 42.9. The van der Waals surface area contributed by atoms with Crippen LogP contribution in [0.3, 0.4) is 0 Å². The van der Waals surface area contributed by atoms with E-state index in [1.54, 1.807) is 24.3 Å². The lowest BCUT2D eigenvalue weighted by atomic mass is 10.1. The van der Waals surface area contributed by atoms with E-state index in [1.165, 1.54) is 4.90 Å². The Bertz CT molecular complexity index is 1120. The van der Waals surface area contributed by atoms with E-state index in [0.717, 1.165) is 29.8 Å². The van der Waals surface area contributed by atoms with Gasteiger partial charge in [0, 0.05) is 11.3 Å². The minimum atomic E-state index is -4.51. The van der Waals surface area contributed by atoms with Gasteiger partial charge in [-0.2, -0.15) is 13.2 Å². The number of ether oxygens (including phenoxy) is 1. The Morgan fingerprint density at radius 3 is 2.00 bits per heavy atom. The van der Waals surface area contributed by atoms with Gasteiger partial charge >= 0.3 is 12.1 Å². The number of nitrogens with one attached hydrogen (secondary N) is 1. The zero-order valence-electron chi connectivity index (χ0n) is 17.9. The number of hydrogen-bond donors (Lipinski definition) is 1. The molecular weight excluding hydrogens is 449 g/mol. The lowest BCUT2D eigenvalue weighted by molar-refractivity contribution is -0.146. The van der Waals surface area contributed by atoms with E-state index in [-0.39, 0.29) is 12.1 Å². The highest BCUT2D eigenvalue weighted by molar-refractivity contribution is 5.97. The molecule has 0 aromatic heterocycles. The van der Waals surface area contributed by atoms with Crippen LogP contribution in [0.2, 0.25) is 0 Å². The van der Waals surface area contributed by atoms with Gasteiger partial charge in [0.25, 0.3) is 11.8 Å². The van der Waals surface area contributed by atoms with Crippen LogP contribution in [-0.4, -0.2) is 30.9 Å². The molecule has 0 spiro atoms. The summed E-state index contributed by atoms with van der Waals surface area (Å²) in [5.74, 6) is -2.06. The molecule has 0 radical (unpaired) electrons. The molecule has 0 aliphatic heterocycles. The highest BCUT2D eigenvalue weighted by Gasteiger charge is 2.30. The molecule has 176 valence electrons. The number of alkyl halides is 3. The SMILES string of the molecule is O=C(CNC(=O)c1ccc(C(F)(F)F)cc1)OCC(=O)N(Cc1ccccc1)c1ccccc1. The van der Waals surface area contributed by atoms with Crippen LogP contribution in [-0.2, 0) is 27.0 Å². The van der Waals surface area contributed by atoms with Crippen LogP contribution < -0.4 is 10.2 Å². The van der Waals surface area contributed by atoms with Crippen molar-refractivity contribution < 1.29 is 32.3 Å². The standard InChI is InChI=1S/C25H21F3N2O4/c26-25(27,28)20-13-11-19(12-14-20)24(33)29-15-23(32)34-17-22(31)30(21-9-5-2-6-10-21)16-18-7-3-1-4-8-18/h1-14H,15-17H2,(H,29,33). The van der Waals surface area contributed by atoms with Crippen molar-refractivity contribution >= 4 is 23.5 Å².